The van der Waals surface area contributed by atoms with Crippen molar-refractivity contribution in [1.82, 2.24) is 0 Å². The van der Waals surface area contributed by atoms with Crippen LogP contribution in [0.1, 0.15) is 68.2 Å². The molecule has 2 rings (SSSR count). The lowest BCUT2D eigenvalue weighted by Crippen LogP contribution is -2.21. The lowest BCUT2D eigenvalue weighted by molar-refractivity contribution is 0.0839. The average Bonchev–Trinajstić information content (AvgIpc) is 2.83. The molecule has 2 heteroatoms. The first-order chi connectivity index (χ1) is 8.70. The number of unbranched alkanes of at least 4 members (excludes halogenated alkanes) is 1. The van der Waals surface area contributed by atoms with Crippen molar-refractivity contribution in [3.63, 3.8) is 0 Å². The Balaban J connectivity index is 1.84. The molecule has 0 aliphatic heterocycles. The van der Waals surface area contributed by atoms with E-state index in [1.165, 1.54) is 32.1 Å². The molecule has 0 radical (unpaired) electrons. The normalized spacial score (nSPS) is 24.1. The maximum absolute atomic E-state index is 12.2. The molecule has 1 fully saturated rings. The van der Waals surface area contributed by atoms with Crippen LogP contribution in [0.3, 0.4) is 0 Å². The number of carbonyl (C=O) groups excluding carboxylic acids is 1. The van der Waals surface area contributed by atoms with Crippen molar-refractivity contribution < 1.29 is 9.21 Å². The third-order valence-corrected chi connectivity index (χ3v) is 4.17. The first-order valence-electron chi connectivity index (χ1n) is 7.31. The highest BCUT2D eigenvalue weighted by Gasteiger charge is 2.28. The number of furan rings is 1. The predicted molar refractivity (Wildman–Crippen MR) is 72.7 cm³/mol. The maximum atomic E-state index is 12.2. The van der Waals surface area contributed by atoms with Crippen molar-refractivity contribution in [2.75, 3.05) is 0 Å². The molecule has 0 spiro atoms. The third kappa shape index (κ3) is 3.24. The molecular formula is C16H24O2. The van der Waals surface area contributed by atoms with E-state index in [0.29, 0.717) is 5.76 Å². The second kappa shape index (κ2) is 6.21. The van der Waals surface area contributed by atoms with Crippen LogP contribution in [0.4, 0.5) is 0 Å². The van der Waals surface area contributed by atoms with Gasteiger partial charge in [-0.05, 0) is 50.7 Å². The van der Waals surface area contributed by atoms with Crippen LogP contribution >= 0.6 is 0 Å². The lowest BCUT2D eigenvalue weighted by Gasteiger charge is -2.27. The summed E-state index contributed by atoms with van der Waals surface area (Å²) in [5.41, 5.74) is 0. The summed E-state index contributed by atoms with van der Waals surface area (Å²) in [5.74, 6) is 2.66. The number of Topliss-reactive ketones (excluding diaryl/α,β-unsaturated/α-hetero) is 1. The van der Waals surface area contributed by atoms with Gasteiger partial charge in [0, 0.05) is 5.92 Å². The van der Waals surface area contributed by atoms with Gasteiger partial charge in [0.15, 0.2) is 5.76 Å². The number of ketones is 1. The molecule has 2 nitrogen and oxygen atoms in total. The molecule has 1 aromatic heterocycles. The van der Waals surface area contributed by atoms with Crippen molar-refractivity contribution in [3.05, 3.63) is 23.7 Å². The van der Waals surface area contributed by atoms with Crippen molar-refractivity contribution in [2.24, 2.45) is 11.8 Å². The van der Waals surface area contributed by atoms with Gasteiger partial charge >= 0.3 is 0 Å². The van der Waals surface area contributed by atoms with Crippen LogP contribution in [-0.4, -0.2) is 5.78 Å². The Morgan fingerprint density at radius 3 is 2.56 bits per heavy atom. The first-order valence-corrected chi connectivity index (χ1v) is 7.31. The van der Waals surface area contributed by atoms with E-state index in [-0.39, 0.29) is 11.7 Å². The van der Waals surface area contributed by atoms with Gasteiger partial charge in [-0.25, -0.2) is 0 Å². The summed E-state index contributed by atoms with van der Waals surface area (Å²) < 4.78 is 5.44. The molecule has 1 heterocycles. The van der Waals surface area contributed by atoms with Crippen LogP contribution in [0.5, 0.6) is 0 Å². The summed E-state index contributed by atoms with van der Waals surface area (Å²) in [7, 11) is 0. The molecule has 0 N–H and O–H groups in total. The fourth-order valence-corrected chi connectivity index (χ4v) is 2.97. The molecule has 0 amide bonds. The van der Waals surface area contributed by atoms with Gasteiger partial charge in [-0.1, -0.05) is 26.2 Å². The molecule has 1 saturated carbocycles. The van der Waals surface area contributed by atoms with E-state index in [4.69, 9.17) is 4.42 Å². The highest BCUT2D eigenvalue weighted by molar-refractivity contribution is 5.95. The second-order valence-corrected chi connectivity index (χ2v) is 5.63. The molecule has 1 aliphatic rings. The zero-order valence-electron chi connectivity index (χ0n) is 11.6. The Hall–Kier alpha value is -1.05. The van der Waals surface area contributed by atoms with Crippen LogP contribution in [-0.2, 0) is 0 Å². The maximum Gasteiger partial charge on any atom is 0.201 e. The zero-order valence-corrected chi connectivity index (χ0v) is 11.6. The Labute approximate surface area is 110 Å². The largest absolute Gasteiger partial charge is 0.458 e. The summed E-state index contributed by atoms with van der Waals surface area (Å²) in [5, 5.41) is 0. The molecule has 0 saturated heterocycles. The fraction of sp³-hybridized carbons (Fsp3) is 0.688. The standard InChI is InChI=1S/C16H24O2/c1-3-4-5-13-7-9-14(10-8-13)16(17)15-11-6-12(2)18-15/h6,11,13-14H,3-5,7-10H2,1-2H3. The van der Waals surface area contributed by atoms with Crippen molar-refractivity contribution in [1.29, 1.82) is 0 Å². The summed E-state index contributed by atoms with van der Waals surface area (Å²) in [4.78, 5) is 12.2. The topological polar surface area (TPSA) is 30.2 Å². The lowest BCUT2D eigenvalue weighted by atomic mass is 9.78. The molecule has 0 bridgehead atoms. The van der Waals surface area contributed by atoms with E-state index >= 15 is 0 Å². The number of aryl methyl sites for hydroxylation is 1. The zero-order chi connectivity index (χ0) is 13.0. The second-order valence-electron chi connectivity index (χ2n) is 5.63. The summed E-state index contributed by atoms with van der Waals surface area (Å²) in [6, 6.07) is 3.70. The highest BCUT2D eigenvalue weighted by atomic mass is 16.3. The minimum absolute atomic E-state index is 0.202. The number of hydrogen-bond donors (Lipinski definition) is 0. The monoisotopic (exact) mass is 248 g/mol. The van der Waals surface area contributed by atoms with E-state index in [1.807, 2.05) is 19.1 Å². The van der Waals surface area contributed by atoms with E-state index in [1.54, 1.807) is 0 Å². The Morgan fingerprint density at radius 1 is 1.28 bits per heavy atom. The van der Waals surface area contributed by atoms with Gasteiger partial charge in [-0.3, -0.25) is 4.79 Å². The number of rotatable bonds is 5. The molecule has 0 atom stereocenters. The SMILES string of the molecule is CCCCC1CCC(C(=O)c2ccc(C)o2)CC1. The van der Waals surface area contributed by atoms with Gasteiger partial charge in [0.1, 0.15) is 5.76 Å². The van der Waals surface area contributed by atoms with Crippen LogP contribution in [0.2, 0.25) is 0 Å². The first kappa shape index (κ1) is 13.4. The minimum Gasteiger partial charge on any atom is -0.458 e. The Kier molecular flexibility index (Phi) is 4.62. The van der Waals surface area contributed by atoms with Gasteiger partial charge in [0.2, 0.25) is 5.78 Å². The van der Waals surface area contributed by atoms with Gasteiger partial charge in [0.25, 0.3) is 0 Å². The predicted octanol–water partition coefficient (Wildman–Crippen LogP) is 4.77. The van der Waals surface area contributed by atoms with Gasteiger partial charge in [-0.15, -0.1) is 0 Å². The molecule has 100 valence electrons. The van der Waals surface area contributed by atoms with Gasteiger partial charge in [-0.2, -0.15) is 0 Å². The molecule has 0 unspecified atom stereocenters. The summed E-state index contributed by atoms with van der Waals surface area (Å²) in [6.07, 6.45) is 8.49. The van der Waals surface area contributed by atoms with Gasteiger partial charge < -0.3 is 4.42 Å². The Morgan fingerprint density at radius 2 is 2.00 bits per heavy atom. The smallest absolute Gasteiger partial charge is 0.201 e. The highest BCUT2D eigenvalue weighted by Crippen LogP contribution is 2.33. The molecular weight excluding hydrogens is 224 g/mol. The van der Waals surface area contributed by atoms with Crippen molar-refractivity contribution in [3.8, 4) is 0 Å². The number of carbonyl (C=O) groups is 1. The quantitative estimate of drug-likeness (QED) is 0.703. The molecule has 1 aromatic rings. The van der Waals surface area contributed by atoms with Crippen LogP contribution in [0.25, 0.3) is 0 Å². The van der Waals surface area contributed by atoms with E-state index in [0.717, 1.165) is 24.5 Å². The minimum atomic E-state index is 0.202. The summed E-state index contributed by atoms with van der Waals surface area (Å²) in [6.45, 7) is 4.13. The van der Waals surface area contributed by atoms with E-state index in [2.05, 4.69) is 6.92 Å². The number of hydrogen-bond acceptors (Lipinski definition) is 2. The Bertz CT molecular complexity index is 384. The summed E-state index contributed by atoms with van der Waals surface area (Å²) >= 11 is 0. The fourth-order valence-electron chi connectivity index (χ4n) is 2.97. The van der Waals surface area contributed by atoms with Crippen LogP contribution < -0.4 is 0 Å². The molecule has 18 heavy (non-hydrogen) atoms. The van der Waals surface area contributed by atoms with Crippen LogP contribution in [0.15, 0.2) is 16.5 Å². The molecule has 1 aliphatic carbocycles. The van der Waals surface area contributed by atoms with Crippen molar-refractivity contribution >= 4 is 5.78 Å². The van der Waals surface area contributed by atoms with Crippen molar-refractivity contribution in [2.45, 2.75) is 58.8 Å². The van der Waals surface area contributed by atoms with Crippen LogP contribution in [0, 0.1) is 18.8 Å². The van der Waals surface area contributed by atoms with E-state index in [9.17, 15) is 4.79 Å². The van der Waals surface area contributed by atoms with Gasteiger partial charge in [0.05, 0.1) is 0 Å². The molecule has 0 aromatic carbocycles. The van der Waals surface area contributed by atoms with E-state index < -0.39 is 0 Å². The third-order valence-electron chi connectivity index (χ3n) is 4.17. The average molecular weight is 248 g/mol.